The van der Waals surface area contributed by atoms with Crippen molar-refractivity contribution < 1.29 is 23.0 Å². The fourth-order valence-corrected chi connectivity index (χ4v) is 3.27. The van der Waals surface area contributed by atoms with E-state index in [2.05, 4.69) is 15.1 Å². The van der Waals surface area contributed by atoms with E-state index in [0.717, 1.165) is 5.69 Å². The van der Waals surface area contributed by atoms with E-state index < -0.39 is 17.5 Å². The van der Waals surface area contributed by atoms with E-state index in [1.54, 1.807) is 54.7 Å². The topological polar surface area (TPSA) is 105 Å². The number of rotatable bonds is 5. The molecule has 0 radical (unpaired) electrons. The second-order valence-electron chi connectivity index (χ2n) is 7.49. The van der Waals surface area contributed by atoms with E-state index in [1.165, 1.54) is 35.9 Å². The molecule has 8 nitrogen and oxygen atoms in total. The zero-order chi connectivity index (χ0) is 25.7. The van der Waals surface area contributed by atoms with Crippen molar-refractivity contribution in [1.29, 1.82) is 0 Å². The Bertz CT molecular complexity index is 1540. The van der Waals surface area contributed by atoms with Crippen LogP contribution in [0.25, 0.3) is 16.9 Å². The Morgan fingerprint density at radius 1 is 0.917 bits per heavy atom. The number of carbonyl (C=O) groups is 1. The number of fused-ring (bicyclic) bond motifs is 1. The summed E-state index contributed by atoms with van der Waals surface area (Å²) in [5.74, 6) is -0.753. The Morgan fingerprint density at radius 3 is 2.44 bits per heavy atom. The van der Waals surface area contributed by atoms with E-state index in [-0.39, 0.29) is 17.2 Å². The number of para-hydroxylation sites is 1. The first-order valence-electron chi connectivity index (χ1n) is 10.7. The number of amides is 1. The summed E-state index contributed by atoms with van der Waals surface area (Å²) in [4.78, 5) is 19.4. The summed E-state index contributed by atoms with van der Waals surface area (Å²) in [5.41, 5.74) is 7.77. The molecule has 0 aliphatic rings. The third kappa shape index (κ3) is 5.44. The molecule has 3 heterocycles. The molecule has 0 bridgehead atoms. The number of ether oxygens (including phenoxy) is 2. The van der Waals surface area contributed by atoms with Gasteiger partial charge >= 0.3 is 0 Å². The maximum Gasteiger partial charge on any atom is 0.267 e. The number of methoxy groups -OCH3 is 1. The molecule has 5 rings (SSSR count). The third-order valence-corrected chi connectivity index (χ3v) is 4.96. The standard InChI is InChI=1S/C13H10FN3O.C13H11FN2O2/c1-9-8-13(17-12(16-9)6-7-15-17)18-11-5-3-2-4-10(11)14;1-18-12-6-5-8(7-9(12)14)10-3-2-4-11(16-10)13(15)17/h2-8H,1H3;2-7H,1H3,(H2,15,17). The second kappa shape index (κ2) is 10.6. The van der Waals surface area contributed by atoms with Crippen molar-refractivity contribution in [3.05, 3.63) is 102 Å². The molecule has 0 aliphatic carbocycles. The number of nitrogens with zero attached hydrogens (tertiary/aromatic N) is 4. The maximum absolute atomic E-state index is 13.6. The third-order valence-electron chi connectivity index (χ3n) is 4.96. The van der Waals surface area contributed by atoms with E-state index in [9.17, 15) is 13.6 Å². The Labute approximate surface area is 205 Å². The van der Waals surface area contributed by atoms with Gasteiger partial charge in [0.25, 0.3) is 5.91 Å². The Morgan fingerprint density at radius 2 is 1.72 bits per heavy atom. The van der Waals surface area contributed by atoms with Crippen LogP contribution in [0.4, 0.5) is 8.78 Å². The predicted molar refractivity (Wildman–Crippen MR) is 129 cm³/mol. The fraction of sp³-hybridized carbons (Fsp3) is 0.0769. The molecule has 182 valence electrons. The van der Waals surface area contributed by atoms with E-state index in [4.69, 9.17) is 15.2 Å². The molecule has 0 spiro atoms. The molecule has 3 aromatic heterocycles. The van der Waals surface area contributed by atoms with Crippen LogP contribution in [0.1, 0.15) is 16.2 Å². The van der Waals surface area contributed by atoms with Gasteiger partial charge in [-0.1, -0.05) is 18.2 Å². The van der Waals surface area contributed by atoms with Crippen LogP contribution in [0, 0.1) is 18.6 Å². The molecule has 0 unspecified atom stereocenters. The van der Waals surface area contributed by atoms with E-state index in [1.807, 2.05) is 6.92 Å². The highest BCUT2D eigenvalue weighted by Crippen LogP contribution is 2.25. The van der Waals surface area contributed by atoms with Gasteiger partial charge in [-0.2, -0.15) is 9.61 Å². The Kier molecular flexibility index (Phi) is 7.15. The Hall–Kier alpha value is -4.86. The number of nitrogens with two attached hydrogens (primary N) is 1. The Balaban J connectivity index is 0.000000169. The number of aryl methyl sites for hydroxylation is 1. The first-order valence-corrected chi connectivity index (χ1v) is 10.7. The number of carbonyl (C=O) groups excluding carboxylic acids is 1. The molecule has 0 saturated heterocycles. The van der Waals surface area contributed by atoms with Crippen LogP contribution in [-0.2, 0) is 0 Å². The lowest BCUT2D eigenvalue weighted by atomic mass is 10.1. The van der Waals surface area contributed by atoms with Crippen molar-refractivity contribution >= 4 is 11.6 Å². The molecule has 0 fully saturated rings. The van der Waals surface area contributed by atoms with Gasteiger partial charge in [0.2, 0.25) is 5.88 Å². The van der Waals surface area contributed by atoms with Crippen LogP contribution < -0.4 is 15.2 Å². The molecule has 2 N–H and O–H groups in total. The average Bonchev–Trinajstić information content (AvgIpc) is 3.34. The number of hydrogen-bond donors (Lipinski definition) is 1. The minimum Gasteiger partial charge on any atom is -0.494 e. The second-order valence-corrected chi connectivity index (χ2v) is 7.49. The molecule has 0 saturated carbocycles. The molecular weight excluding hydrogens is 468 g/mol. The molecule has 2 aromatic carbocycles. The average molecular weight is 489 g/mol. The van der Waals surface area contributed by atoms with E-state index >= 15 is 0 Å². The quantitative estimate of drug-likeness (QED) is 0.374. The zero-order valence-electron chi connectivity index (χ0n) is 19.4. The minimum absolute atomic E-state index is 0.142. The van der Waals surface area contributed by atoms with Gasteiger partial charge < -0.3 is 15.2 Å². The normalized spacial score (nSPS) is 10.4. The smallest absolute Gasteiger partial charge is 0.267 e. The summed E-state index contributed by atoms with van der Waals surface area (Å²) < 4.78 is 39.0. The van der Waals surface area contributed by atoms with Gasteiger partial charge in [-0.15, -0.1) is 0 Å². The van der Waals surface area contributed by atoms with Crippen molar-refractivity contribution in [3.8, 4) is 28.6 Å². The molecule has 10 heteroatoms. The van der Waals surface area contributed by atoms with Crippen molar-refractivity contribution in [2.24, 2.45) is 5.73 Å². The molecule has 1 amide bonds. The lowest BCUT2D eigenvalue weighted by molar-refractivity contribution is 0.0995. The van der Waals surface area contributed by atoms with Gasteiger partial charge in [-0.3, -0.25) is 4.79 Å². The highest BCUT2D eigenvalue weighted by atomic mass is 19.1. The largest absolute Gasteiger partial charge is 0.494 e. The summed E-state index contributed by atoms with van der Waals surface area (Å²) in [6.07, 6.45) is 1.62. The number of benzene rings is 2. The summed E-state index contributed by atoms with van der Waals surface area (Å²) >= 11 is 0. The van der Waals surface area contributed by atoms with Gasteiger partial charge in [0, 0.05) is 23.4 Å². The lowest BCUT2D eigenvalue weighted by Crippen LogP contribution is -2.13. The number of aromatic nitrogens is 4. The van der Waals surface area contributed by atoms with Crippen molar-refractivity contribution in [2.45, 2.75) is 6.92 Å². The summed E-state index contributed by atoms with van der Waals surface area (Å²) in [6.45, 7) is 1.85. The van der Waals surface area contributed by atoms with Crippen LogP contribution in [0.5, 0.6) is 17.4 Å². The van der Waals surface area contributed by atoms with Crippen LogP contribution in [-0.4, -0.2) is 32.6 Å². The lowest BCUT2D eigenvalue weighted by Gasteiger charge is -2.08. The van der Waals surface area contributed by atoms with Crippen LogP contribution in [0.2, 0.25) is 0 Å². The highest BCUT2D eigenvalue weighted by Gasteiger charge is 2.10. The van der Waals surface area contributed by atoms with Crippen LogP contribution >= 0.6 is 0 Å². The predicted octanol–water partition coefficient (Wildman–Crippen LogP) is 4.96. The highest BCUT2D eigenvalue weighted by molar-refractivity contribution is 5.91. The molecule has 36 heavy (non-hydrogen) atoms. The number of primary amides is 1. The SMILES string of the molecule is COc1ccc(-c2cccc(C(N)=O)n2)cc1F.Cc1cc(Oc2ccccc2F)n2nccc2n1. The van der Waals surface area contributed by atoms with Gasteiger partial charge in [0.1, 0.15) is 5.69 Å². The van der Waals surface area contributed by atoms with Crippen LogP contribution in [0.15, 0.2) is 79.0 Å². The number of hydrogen-bond acceptors (Lipinski definition) is 6. The van der Waals surface area contributed by atoms with Gasteiger partial charge in [0.15, 0.2) is 28.8 Å². The summed E-state index contributed by atoms with van der Waals surface area (Å²) in [7, 11) is 1.39. The monoisotopic (exact) mass is 489 g/mol. The number of halogens is 2. The summed E-state index contributed by atoms with van der Waals surface area (Å²) in [6, 6.07) is 19.0. The first-order chi connectivity index (χ1) is 17.4. The van der Waals surface area contributed by atoms with Gasteiger partial charge in [0.05, 0.1) is 19.0 Å². The van der Waals surface area contributed by atoms with Crippen molar-refractivity contribution in [2.75, 3.05) is 7.11 Å². The zero-order valence-corrected chi connectivity index (χ0v) is 19.4. The molecule has 0 atom stereocenters. The molecular formula is C26H21F2N5O3. The van der Waals surface area contributed by atoms with Gasteiger partial charge in [-0.05, 0) is 49.4 Å². The van der Waals surface area contributed by atoms with Crippen molar-refractivity contribution in [3.63, 3.8) is 0 Å². The minimum atomic E-state index is -0.620. The van der Waals surface area contributed by atoms with Gasteiger partial charge in [-0.25, -0.2) is 18.7 Å². The van der Waals surface area contributed by atoms with E-state index in [0.29, 0.717) is 22.8 Å². The van der Waals surface area contributed by atoms with Crippen molar-refractivity contribution in [1.82, 2.24) is 19.6 Å². The fourth-order valence-electron chi connectivity index (χ4n) is 3.27. The summed E-state index contributed by atoms with van der Waals surface area (Å²) in [5, 5.41) is 4.09. The first kappa shape index (κ1) is 24.3. The maximum atomic E-state index is 13.6. The number of pyridine rings is 1. The molecule has 0 aliphatic heterocycles. The molecule has 5 aromatic rings. The van der Waals surface area contributed by atoms with Crippen LogP contribution in [0.3, 0.4) is 0 Å².